The molecule has 0 aliphatic heterocycles. The average molecular weight is 354 g/mol. The molecule has 130 valence electrons. The van der Waals surface area contributed by atoms with Gasteiger partial charge >= 0.3 is 5.97 Å². The molecule has 0 spiro atoms. The Hall–Kier alpha value is -2.52. The minimum Gasteiger partial charge on any atom is -0.480 e. The normalized spacial score (nSPS) is 9.32. The smallest absolute Gasteiger partial charge is 0.317 e. The van der Waals surface area contributed by atoms with Gasteiger partial charge in [0.15, 0.2) is 0 Å². The summed E-state index contributed by atoms with van der Waals surface area (Å²) in [5, 5.41) is 10.4. The molecule has 25 heavy (non-hydrogen) atoms. The van der Waals surface area contributed by atoms with Crippen LogP contribution in [0, 0.1) is 0 Å². The van der Waals surface area contributed by atoms with Gasteiger partial charge in [-0.05, 0) is 21.7 Å². The van der Waals surface area contributed by atoms with Gasteiger partial charge < -0.3 is 17.0 Å². The highest BCUT2D eigenvalue weighted by atomic mass is 31.1. The summed E-state index contributed by atoms with van der Waals surface area (Å²) in [6, 6.07) is 29.6. The summed E-state index contributed by atoms with van der Waals surface area (Å²) in [6.07, 6.45) is 0. The molecule has 2 aromatic rings. The second-order valence-electron chi connectivity index (χ2n) is 5.03. The molecule has 6 N–H and O–H groups in total. The lowest BCUT2D eigenvalue weighted by Crippen LogP contribution is -2.10. The number of carboxylic acids is 1. The summed E-state index contributed by atoms with van der Waals surface area (Å²) in [4.78, 5) is 9.24. The molecule has 0 bridgehead atoms. The fourth-order valence-electron chi connectivity index (χ4n) is 1.87. The van der Waals surface area contributed by atoms with Gasteiger partial charge in [-0.2, -0.15) is 0 Å². The Bertz CT molecular complexity index is 689. The van der Waals surface area contributed by atoms with Crippen molar-refractivity contribution >= 4 is 25.2 Å². The topological polar surface area (TPSA) is 98.3 Å². The predicted octanol–water partition coefficient (Wildman–Crippen LogP) is 3.17. The number of rotatable bonds is 3. The van der Waals surface area contributed by atoms with Crippen molar-refractivity contribution in [1.29, 1.82) is 0 Å². The van der Waals surface area contributed by atoms with Gasteiger partial charge in [0, 0.05) is 0 Å². The number of hydrogen-bond acceptors (Lipinski definition) is 3. The van der Waals surface area contributed by atoms with E-state index in [1.165, 1.54) is 21.7 Å². The molecule has 2 aliphatic rings. The first-order chi connectivity index (χ1) is 11.7. The van der Waals surface area contributed by atoms with Crippen molar-refractivity contribution in [3.05, 3.63) is 84.9 Å². The highest BCUT2D eigenvalue weighted by Gasteiger charge is 2.04. The van der Waals surface area contributed by atoms with E-state index in [1.807, 2.05) is 0 Å². The first kappa shape index (κ1) is 20.5. The summed E-state index contributed by atoms with van der Waals surface area (Å²) in [7, 11) is 0.777. The number of carboxylic acid groups (broad SMARTS) is 1. The van der Waals surface area contributed by atoms with E-state index in [1.54, 1.807) is 0 Å². The Morgan fingerprint density at radius 1 is 0.760 bits per heavy atom. The van der Waals surface area contributed by atoms with Crippen LogP contribution in [0.25, 0.3) is 11.1 Å². The molecule has 0 amide bonds. The van der Waals surface area contributed by atoms with E-state index in [9.17, 15) is 4.79 Å². The molecule has 4 rings (SSSR count). The molecule has 0 atom stereocenters. The van der Waals surface area contributed by atoms with Crippen molar-refractivity contribution in [3.63, 3.8) is 0 Å². The van der Waals surface area contributed by atoms with E-state index < -0.39 is 5.97 Å². The van der Waals surface area contributed by atoms with Gasteiger partial charge in [0.05, 0.1) is 6.54 Å². The van der Waals surface area contributed by atoms with Crippen molar-refractivity contribution < 1.29 is 9.90 Å². The van der Waals surface area contributed by atoms with E-state index in [0.717, 1.165) is 8.58 Å². The van der Waals surface area contributed by atoms with Crippen LogP contribution in [0.4, 0.5) is 0 Å². The summed E-state index contributed by atoms with van der Waals surface area (Å²) in [5.41, 5.74) is 7.42. The Morgan fingerprint density at radius 3 is 1.28 bits per heavy atom. The van der Waals surface area contributed by atoms with E-state index in [-0.39, 0.29) is 12.7 Å². The molecular formula is C20H23N2O2P. The number of fused-ring (bicyclic) bond motifs is 1. The van der Waals surface area contributed by atoms with Crippen molar-refractivity contribution in [2.75, 3.05) is 6.54 Å². The fourth-order valence-corrected chi connectivity index (χ4v) is 2.92. The van der Waals surface area contributed by atoms with Gasteiger partial charge in [0.2, 0.25) is 0 Å². The molecule has 0 heterocycles. The highest BCUT2D eigenvalue weighted by Crippen LogP contribution is 2.29. The zero-order valence-electron chi connectivity index (χ0n) is 13.9. The average Bonchev–Trinajstić information content (AvgIpc) is 2.61. The minimum absolute atomic E-state index is 0. The van der Waals surface area contributed by atoms with Crippen LogP contribution in [0.15, 0.2) is 84.9 Å². The van der Waals surface area contributed by atoms with E-state index >= 15 is 0 Å². The molecule has 0 unspecified atom stereocenters. The zero-order valence-corrected chi connectivity index (χ0v) is 14.9. The standard InChI is InChI=1S/C12H11P.C6H4.C2H5NO2.H3N/c1-3-7-11(8-4-1)13-12-9-5-2-6-10-12;1-2-6-4-3-5(1)6;3-1-2(4)5;/h1-10,13H;1-4H;1,3H2,(H,4,5);1H3. The molecule has 2 aromatic carbocycles. The Morgan fingerprint density at radius 2 is 1.08 bits per heavy atom. The van der Waals surface area contributed by atoms with Crippen molar-refractivity contribution in [2.24, 2.45) is 5.73 Å². The van der Waals surface area contributed by atoms with Gasteiger partial charge in [-0.25, -0.2) is 0 Å². The highest BCUT2D eigenvalue weighted by molar-refractivity contribution is 7.55. The van der Waals surface area contributed by atoms with Crippen molar-refractivity contribution in [3.8, 4) is 11.1 Å². The number of nitrogens with two attached hydrogens (primary N) is 1. The summed E-state index contributed by atoms with van der Waals surface area (Å²) in [6.45, 7) is -0.278. The summed E-state index contributed by atoms with van der Waals surface area (Å²) in [5.74, 6) is -0.968. The molecule has 4 nitrogen and oxygen atoms in total. The van der Waals surface area contributed by atoms with Gasteiger partial charge in [-0.1, -0.05) is 93.5 Å². The SMILES string of the molecule is N.NCC(=O)O.c1cc2ccc1-2.c1ccc(Pc2ccccc2)cc1. The van der Waals surface area contributed by atoms with Gasteiger partial charge in [0.25, 0.3) is 0 Å². The maximum atomic E-state index is 9.24. The monoisotopic (exact) mass is 354 g/mol. The molecule has 2 aliphatic carbocycles. The summed E-state index contributed by atoms with van der Waals surface area (Å²) < 4.78 is 0. The molecule has 5 heteroatoms. The maximum Gasteiger partial charge on any atom is 0.317 e. The quantitative estimate of drug-likeness (QED) is 0.492. The lowest BCUT2D eigenvalue weighted by atomic mass is 9.95. The largest absolute Gasteiger partial charge is 0.480 e. The van der Waals surface area contributed by atoms with Gasteiger partial charge in [0.1, 0.15) is 0 Å². The molecule has 0 fully saturated rings. The number of hydrogen-bond donors (Lipinski definition) is 3. The minimum atomic E-state index is -0.968. The third-order valence-corrected chi connectivity index (χ3v) is 4.47. The number of carbonyl (C=O) groups is 1. The van der Waals surface area contributed by atoms with Crippen LogP contribution < -0.4 is 22.5 Å². The Balaban J connectivity index is 0.000000217. The predicted molar refractivity (Wildman–Crippen MR) is 108 cm³/mol. The van der Waals surface area contributed by atoms with E-state index in [4.69, 9.17) is 5.11 Å². The molecule has 0 saturated heterocycles. The van der Waals surface area contributed by atoms with Crippen LogP contribution in [0.1, 0.15) is 0 Å². The summed E-state index contributed by atoms with van der Waals surface area (Å²) >= 11 is 0. The fraction of sp³-hybridized carbons (Fsp3) is 0.0500. The van der Waals surface area contributed by atoms with E-state index in [0.29, 0.717) is 0 Å². The van der Waals surface area contributed by atoms with Crippen molar-refractivity contribution in [2.45, 2.75) is 0 Å². The van der Waals surface area contributed by atoms with Crippen LogP contribution >= 0.6 is 8.58 Å². The molecule has 0 radical (unpaired) electrons. The van der Waals surface area contributed by atoms with Gasteiger partial charge in [-0.3, -0.25) is 4.79 Å². The van der Waals surface area contributed by atoms with Crippen LogP contribution in [0.3, 0.4) is 0 Å². The van der Waals surface area contributed by atoms with Crippen LogP contribution in [-0.2, 0) is 4.79 Å². The maximum absolute atomic E-state index is 9.24. The Labute approximate surface area is 150 Å². The second-order valence-corrected chi connectivity index (χ2v) is 6.44. The lowest BCUT2D eigenvalue weighted by Gasteiger charge is -2.10. The molecule has 0 aromatic heterocycles. The van der Waals surface area contributed by atoms with Crippen LogP contribution in [0.5, 0.6) is 0 Å². The van der Waals surface area contributed by atoms with E-state index in [2.05, 4.69) is 90.7 Å². The number of aliphatic carboxylic acids is 1. The van der Waals surface area contributed by atoms with Crippen LogP contribution in [-0.4, -0.2) is 17.6 Å². The Kier molecular flexibility index (Phi) is 9.12. The van der Waals surface area contributed by atoms with Crippen molar-refractivity contribution in [1.82, 2.24) is 6.15 Å². The molecular weight excluding hydrogens is 331 g/mol. The first-order valence-electron chi connectivity index (χ1n) is 7.58. The zero-order chi connectivity index (χ0) is 17.2. The third kappa shape index (κ3) is 7.27. The second kappa shape index (κ2) is 11.1. The van der Waals surface area contributed by atoms with Crippen LogP contribution in [0.2, 0.25) is 0 Å². The third-order valence-electron chi connectivity index (χ3n) is 3.23. The first-order valence-corrected chi connectivity index (χ1v) is 8.58. The molecule has 0 saturated carbocycles. The van der Waals surface area contributed by atoms with Gasteiger partial charge in [-0.15, -0.1) is 0 Å². The lowest BCUT2D eigenvalue weighted by molar-refractivity contribution is -0.135. The number of benzene rings is 3.